The number of thioether (sulfide) groups is 3. The smallest absolute Gasteiger partial charge is 0.446 e. The van der Waals surface area contributed by atoms with Crippen LogP contribution in [-0.2, 0) is 42.9 Å². The first-order valence-corrected chi connectivity index (χ1v) is 51.4. The summed E-state index contributed by atoms with van der Waals surface area (Å²) in [5.41, 5.74) is 23.9. The van der Waals surface area contributed by atoms with E-state index in [2.05, 4.69) is 178 Å². The van der Waals surface area contributed by atoms with Gasteiger partial charge in [0.15, 0.2) is 0 Å². The number of hydrogen-bond acceptors (Lipinski definition) is 22. The number of aliphatic hydroxyl groups is 1. The lowest BCUT2D eigenvalue weighted by molar-refractivity contribution is -0.385. The monoisotopic (exact) mass is 2020 g/mol. The van der Waals surface area contributed by atoms with E-state index < -0.39 is 84.5 Å². The number of rotatable bonds is 40. The number of carbonyl (C=O) groups excluding carboxylic acids is 9. The molecule has 0 saturated carbocycles. The molecule has 9 aromatic rings. The van der Waals surface area contributed by atoms with Crippen LogP contribution in [0, 0.1) is 33.8 Å². The molecule has 1 heterocycles. The van der Waals surface area contributed by atoms with Crippen molar-refractivity contribution in [2.45, 2.75) is 153 Å². The molecule has 0 unspecified atom stereocenters. The fourth-order valence-corrected chi connectivity index (χ4v) is 18.3. The van der Waals surface area contributed by atoms with Crippen LogP contribution in [0.2, 0.25) is 0 Å². The maximum Gasteiger partial charge on any atom is 0.446 e. The Labute approximate surface area is 846 Å². The van der Waals surface area contributed by atoms with Crippen LogP contribution in [0.3, 0.4) is 0 Å². The van der Waals surface area contributed by atoms with Gasteiger partial charge in [-0.2, -0.15) is 38.4 Å². The topological polar surface area (TPSA) is 377 Å². The number of hydrogen-bond donors (Lipinski definition) is 11. The summed E-state index contributed by atoms with van der Waals surface area (Å²) in [5.74, 6) is 2.89. The number of allylic oxidation sites excluding steroid dienone is 1. The highest BCUT2D eigenvalue weighted by Crippen LogP contribution is 2.49. The maximum absolute atomic E-state index is 13.0. The Morgan fingerprint density at radius 1 is 0.426 bits per heavy atom. The Balaban J connectivity index is 0.000000224. The molecule has 4 aliphatic carbocycles. The zero-order valence-corrected chi connectivity index (χ0v) is 84.7. The Bertz CT molecular complexity index is 5500. The van der Waals surface area contributed by atoms with Gasteiger partial charge in [0, 0.05) is 58.5 Å². The number of benzene rings is 8. The van der Waals surface area contributed by atoms with Crippen molar-refractivity contribution in [1.82, 2.24) is 42.2 Å². The third-order valence-electron chi connectivity index (χ3n) is 24.2. The molecule has 1 aromatic heterocycles. The molecular weight excluding hydrogens is 1900 g/mol. The molecule has 0 saturated heterocycles. The second-order valence-electron chi connectivity index (χ2n) is 33.3. The van der Waals surface area contributed by atoms with E-state index in [1.807, 2.05) is 183 Å². The Hall–Kier alpha value is -12.3. The number of amides is 8. The minimum Gasteiger partial charge on any atom is -0.449 e. The van der Waals surface area contributed by atoms with Crippen molar-refractivity contribution in [3.63, 3.8) is 0 Å². The van der Waals surface area contributed by atoms with Gasteiger partial charge in [0.05, 0.1) is 21.7 Å². The summed E-state index contributed by atoms with van der Waals surface area (Å²) in [6.07, 6.45) is 9.29. The number of carbonyl (C=O) groups is 9. The molecule has 10 N–H and O–H groups in total. The molecule has 0 spiro atoms. The number of thiol groups is 2. The van der Waals surface area contributed by atoms with E-state index in [1.165, 1.54) is 46.3 Å². The van der Waals surface area contributed by atoms with E-state index in [0.717, 1.165) is 104 Å². The molecule has 4 aliphatic rings. The summed E-state index contributed by atoms with van der Waals surface area (Å²) in [7, 11) is 0. The van der Waals surface area contributed by atoms with Crippen molar-refractivity contribution < 1.29 is 85.3 Å². The number of pyridine rings is 1. The third-order valence-corrected chi connectivity index (χ3v) is 27.1. The first kappa shape index (κ1) is 114. The van der Waals surface area contributed by atoms with Crippen LogP contribution in [-0.4, -0.2) is 173 Å². The second kappa shape index (κ2) is 60.1. The van der Waals surface area contributed by atoms with Crippen LogP contribution in [0.15, 0.2) is 254 Å². The number of fused-ring (bicyclic) bond motifs is 12. The second-order valence-corrected chi connectivity index (χ2v) is 37.1. The molecule has 26 nitrogen and oxygen atoms in total. The van der Waals surface area contributed by atoms with Crippen LogP contribution in [0.5, 0.6) is 0 Å². The largest absolute Gasteiger partial charge is 0.449 e. The van der Waals surface area contributed by atoms with Crippen LogP contribution < -0.4 is 43.0 Å². The van der Waals surface area contributed by atoms with E-state index in [0.29, 0.717) is 40.5 Å². The molecule has 0 bridgehead atoms. The molecular formula is C107H127F3N10O16S5. The van der Waals surface area contributed by atoms with Gasteiger partial charge in [-0.1, -0.05) is 319 Å². The lowest BCUT2D eigenvalue weighted by Crippen LogP contribution is -2.50. The van der Waals surface area contributed by atoms with Gasteiger partial charge in [-0.05, 0) is 125 Å². The highest BCUT2D eigenvalue weighted by molar-refractivity contribution is 7.99. The summed E-state index contributed by atoms with van der Waals surface area (Å²) in [6, 6.07) is 65.5. The third kappa shape index (κ3) is 34.5. The number of nitrogens with one attached hydrogen (secondary N) is 7. The van der Waals surface area contributed by atoms with Crippen LogP contribution in [0.25, 0.3) is 44.5 Å². The quantitative estimate of drug-likeness (QED) is 0.00196. The van der Waals surface area contributed by atoms with E-state index in [1.54, 1.807) is 29.6 Å². The molecule has 8 amide bonds. The molecule has 141 heavy (non-hydrogen) atoms. The van der Waals surface area contributed by atoms with Gasteiger partial charge in [-0.3, -0.25) is 34.1 Å². The zero-order valence-electron chi connectivity index (χ0n) is 80.5. The van der Waals surface area contributed by atoms with E-state index in [-0.39, 0.29) is 91.3 Å². The van der Waals surface area contributed by atoms with Gasteiger partial charge in [0.25, 0.3) is 5.69 Å². The number of ether oxygens (including phenoxy) is 4. The lowest BCUT2D eigenvalue weighted by Gasteiger charge is -2.23. The van der Waals surface area contributed by atoms with Crippen LogP contribution in [0.1, 0.15) is 163 Å². The number of aldehydes is 1. The van der Waals surface area contributed by atoms with E-state index >= 15 is 0 Å². The number of primary amides is 1. The summed E-state index contributed by atoms with van der Waals surface area (Å²) < 4.78 is 53.5. The van der Waals surface area contributed by atoms with Crippen molar-refractivity contribution in [2.24, 2.45) is 29.4 Å². The fraction of sp³-hybridized carbons (Fsp3) is 0.364. The van der Waals surface area contributed by atoms with Gasteiger partial charge in [0.1, 0.15) is 63.5 Å². The molecule has 0 aliphatic heterocycles. The molecule has 0 fully saturated rings. The highest BCUT2D eigenvalue weighted by Gasteiger charge is 2.37. The molecule has 34 heteroatoms. The Morgan fingerprint density at radius 3 is 0.929 bits per heavy atom. The number of nitrogens with two attached hydrogens (primary N) is 1. The number of nitro groups is 1. The summed E-state index contributed by atoms with van der Waals surface area (Å²) in [6.45, 7) is 17.9. The lowest BCUT2D eigenvalue weighted by atomic mass is 9.98. The first-order valence-electron chi connectivity index (χ1n) is 46.8. The molecule has 13 rings (SSSR count). The van der Waals surface area contributed by atoms with Crippen LogP contribution >= 0.6 is 60.5 Å². The minimum atomic E-state index is -4.64. The summed E-state index contributed by atoms with van der Waals surface area (Å²) >= 11 is 12.7. The number of halogens is 3. The molecule has 8 atom stereocenters. The van der Waals surface area contributed by atoms with E-state index in [9.17, 15) is 61.6 Å². The SMILES string of the molecule is CC/C=C\CS.CC[C@H](C)[C@H](NC(=O)OCC1c2ccccc2-c2ccccc21)C(=O)NCO.CC[C@H](C)[C@H](NC(=O)OCC1c2ccccc2-c2ccccc21)C(=O)NCSC/C=C\CS.CC[C@H](C)[C@H](NC(=O)OCC1c2ccccc2-c2ccccc21)C(=O)NCSC/C=C\CSc1ccc([N+](=O)[O-])cn1.CC[C@H](C)[C@H](NC(=O)OCC1c2ccccc2-c2ccccc21)C(N)=O.O=CC(F)(F)F. The Kier molecular flexibility index (Phi) is 48.5. The number of nitrogens with zero attached hydrogens (tertiary/aromatic N) is 2. The zero-order chi connectivity index (χ0) is 102. The number of aromatic nitrogens is 1. The number of aliphatic hydroxyl groups excluding tert-OH is 1. The first-order chi connectivity index (χ1) is 68.0. The highest BCUT2D eigenvalue weighted by atomic mass is 32.2. The maximum atomic E-state index is 13.0. The predicted molar refractivity (Wildman–Crippen MR) is 560 cm³/mol. The average molecular weight is 2030 g/mol. The van der Waals surface area contributed by atoms with Crippen molar-refractivity contribution in [2.75, 3.05) is 73.7 Å². The number of alkyl halides is 3. The van der Waals surface area contributed by atoms with E-state index in [4.69, 9.17) is 34.6 Å². The predicted octanol–water partition coefficient (Wildman–Crippen LogP) is 20.7. The average Bonchev–Trinajstić information content (AvgIpc) is 1.63. The molecule has 0 radical (unpaired) electrons. The van der Waals surface area contributed by atoms with Gasteiger partial charge in [0.2, 0.25) is 29.9 Å². The van der Waals surface area contributed by atoms with Crippen molar-refractivity contribution >= 4 is 121 Å². The summed E-state index contributed by atoms with van der Waals surface area (Å²) in [4.78, 5) is 122. The Morgan fingerprint density at radius 2 is 0.688 bits per heavy atom. The standard InChI is InChI=1S/C31H34N4O5S2.C26H32N2O3S2.C22H26N2O4.C21H24N2O3.C5H10S.C2HF3O/c1-3-21(2)29(30(36)33-20-41-16-8-9-17-42-28-15-14-22(18-32-28)35(38)39)34-31(37)40-19-27-25-12-6-4-10-23(25)24-11-5-7-13-26(24)27;1-3-18(2)24(25(29)27-17-33-15-9-8-14-32)28-26(30)31-16-23-21-12-6-4-10-19(21)20-11-5-7-13-22(20)23;1-3-14(2)20(21(26)23-13-25)24-22(27)28-12-19-17-10-6-4-8-15(17)16-9-5-7-11-18(16)19;1-3-13(2)19(20(22)24)23-21(25)26-12-18-16-10-6-4-8-14(16)15-9-5-7-11-17(15)18;1-2-3-4-5-6;3-2(4,5)1-6/h4-15,18,21,27,29H,3,16-17,19-20H2,1-2H3,(H,33,36)(H,34,37);4-13,18,23-24,32H,3,14-17H2,1-2H3,(H,27,29)(H,28,30);4-11,14,19-20,25H,3,12-13H2,1-2H3,(H,23,26)(H,24,27);4-11,13,18-19H,3,12H2,1-2H3,(H2,22,24)(H,23,25);3-4,6H,2,5H2,1H3;1H/b2*9-8-;;;4-3-;/t21-,29-;18-,24-;14-,20-;13-,19-;;/m0000../s1. The van der Waals surface area contributed by atoms with Crippen molar-refractivity contribution in [1.29, 1.82) is 0 Å². The number of alkyl carbamates (subject to hydrolysis) is 4. The normalized spacial score (nSPS) is 14.0. The molecule has 8 aromatic carbocycles. The van der Waals surface area contributed by atoms with Crippen LogP contribution in [0.4, 0.5) is 38.0 Å². The summed E-state index contributed by atoms with van der Waals surface area (Å²) in [5, 5.41) is 39.3. The minimum absolute atomic E-state index is 0.0104. The van der Waals surface area contributed by atoms with Gasteiger partial charge in [-0.25, -0.2) is 24.2 Å². The van der Waals surface area contributed by atoms with Gasteiger partial charge < -0.3 is 67.0 Å². The van der Waals surface area contributed by atoms with Gasteiger partial charge >= 0.3 is 30.5 Å². The molecule has 752 valence electrons. The van der Waals surface area contributed by atoms with Crippen molar-refractivity contribution in [3.05, 3.63) is 304 Å². The van der Waals surface area contributed by atoms with Crippen molar-refractivity contribution in [3.8, 4) is 44.5 Å². The van der Waals surface area contributed by atoms with Gasteiger partial charge in [-0.15, -0.1) is 35.3 Å². The fourth-order valence-electron chi connectivity index (χ4n) is 16.0.